The van der Waals surface area contributed by atoms with Crippen LogP contribution in [0, 0.1) is 11.3 Å². The van der Waals surface area contributed by atoms with E-state index in [0.717, 1.165) is 17.8 Å². The number of thioether (sulfide) groups is 1. The quantitative estimate of drug-likeness (QED) is 0.227. The number of nitrogens with one attached hydrogen (secondary N) is 2. The molecule has 0 fully saturated rings. The van der Waals surface area contributed by atoms with Crippen LogP contribution in [0.25, 0.3) is 0 Å². The van der Waals surface area contributed by atoms with Gasteiger partial charge in [0.05, 0.1) is 33.5 Å². The molecule has 0 spiro atoms. The minimum absolute atomic E-state index is 0.0177. The van der Waals surface area contributed by atoms with Crippen LogP contribution >= 0.6 is 11.8 Å². The van der Waals surface area contributed by atoms with Crippen LogP contribution in [0.2, 0.25) is 0 Å². The normalized spacial score (nSPS) is 15.0. The molecule has 0 saturated carbocycles. The fourth-order valence-corrected chi connectivity index (χ4v) is 3.88. The minimum atomic E-state index is -4.76. The first kappa shape index (κ1) is 26.3. The zero-order valence-electron chi connectivity index (χ0n) is 17.1. The van der Waals surface area contributed by atoms with Gasteiger partial charge in [0, 0.05) is 6.42 Å². The van der Waals surface area contributed by atoms with Crippen molar-refractivity contribution in [3.05, 3.63) is 28.8 Å². The highest BCUT2D eigenvalue weighted by atomic mass is 32.2. The number of hydrazine groups is 1. The van der Waals surface area contributed by atoms with Crippen molar-refractivity contribution in [2.24, 2.45) is 4.99 Å². The van der Waals surface area contributed by atoms with E-state index in [2.05, 4.69) is 15.8 Å². The molecule has 0 heterocycles. The maximum atomic E-state index is 13.6. The summed E-state index contributed by atoms with van der Waals surface area (Å²) in [7, 11) is 1.49. The Kier molecular flexibility index (Phi) is 9.20. The number of rotatable bonds is 8. The van der Waals surface area contributed by atoms with Crippen LogP contribution in [-0.4, -0.2) is 29.6 Å². The van der Waals surface area contributed by atoms with Crippen LogP contribution in [0.1, 0.15) is 50.3 Å². The summed E-state index contributed by atoms with van der Waals surface area (Å²) in [4.78, 5) is 4.36. The van der Waals surface area contributed by atoms with E-state index in [1.807, 2.05) is 0 Å². The maximum Gasteiger partial charge on any atom is 0.418 e. The van der Waals surface area contributed by atoms with Crippen LogP contribution < -0.4 is 10.9 Å². The molecule has 11 heteroatoms. The van der Waals surface area contributed by atoms with E-state index < -0.39 is 35.4 Å². The second kappa shape index (κ2) is 10.5. The van der Waals surface area contributed by atoms with Gasteiger partial charge in [-0.25, -0.2) is 10.4 Å². The molecule has 0 amide bonds. The summed E-state index contributed by atoms with van der Waals surface area (Å²) >= 11 is 1.15. The Labute approximate surface area is 176 Å². The number of alkyl halides is 6. The smallest absolute Gasteiger partial charge is 0.260 e. The SMILES string of the molecule is CCSC(=Nc1ccc(C#N)c(C(F)(F)F)c1CC)C(C)(CCC(F)(F)F)NNC. The number of benzene rings is 1. The molecule has 0 aliphatic heterocycles. The van der Waals surface area contributed by atoms with E-state index in [4.69, 9.17) is 5.26 Å². The summed E-state index contributed by atoms with van der Waals surface area (Å²) in [6.07, 6.45) is -10.7. The van der Waals surface area contributed by atoms with Gasteiger partial charge in [-0.15, -0.1) is 11.8 Å². The Morgan fingerprint density at radius 1 is 1.13 bits per heavy atom. The molecule has 30 heavy (non-hydrogen) atoms. The first-order chi connectivity index (χ1) is 13.8. The molecule has 0 saturated heterocycles. The van der Waals surface area contributed by atoms with Crippen LogP contribution in [-0.2, 0) is 12.6 Å². The number of halogens is 6. The number of hydrogen-bond donors (Lipinski definition) is 2. The molecule has 0 aliphatic rings. The molecule has 1 aromatic rings. The topological polar surface area (TPSA) is 60.2 Å². The molecule has 1 rings (SSSR count). The monoisotopic (exact) mass is 454 g/mol. The highest BCUT2D eigenvalue weighted by Gasteiger charge is 2.39. The molecule has 0 radical (unpaired) electrons. The van der Waals surface area contributed by atoms with Crippen molar-refractivity contribution in [3.63, 3.8) is 0 Å². The van der Waals surface area contributed by atoms with Crippen LogP contribution in [0.4, 0.5) is 32.0 Å². The van der Waals surface area contributed by atoms with Crippen molar-refractivity contribution in [2.75, 3.05) is 12.8 Å². The van der Waals surface area contributed by atoms with E-state index in [0.29, 0.717) is 5.75 Å². The van der Waals surface area contributed by atoms with Gasteiger partial charge >= 0.3 is 12.4 Å². The molecule has 2 N–H and O–H groups in total. The highest BCUT2D eigenvalue weighted by molar-refractivity contribution is 8.14. The fourth-order valence-electron chi connectivity index (χ4n) is 2.97. The minimum Gasteiger partial charge on any atom is -0.260 e. The summed E-state index contributed by atoms with van der Waals surface area (Å²) in [5.74, 6) is 0.454. The second-order valence-corrected chi connectivity index (χ2v) is 7.87. The molecule has 1 aromatic carbocycles. The largest absolute Gasteiger partial charge is 0.418 e. The second-order valence-electron chi connectivity index (χ2n) is 6.62. The number of aliphatic imine (C=N–C) groups is 1. The lowest BCUT2D eigenvalue weighted by molar-refractivity contribution is -0.138. The van der Waals surface area contributed by atoms with Gasteiger partial charge in [-0.2, -0.15) is 31.6 Å². The Morgan fingerprint density at radius 2 is 1.77 bits per heavy atom. The third-order valence-electron chi connectivity index (χ3n) is 4.33. The van der Waals surface area contributed by atoms with Gasteiger partial charge in [-0.3, -0.25) is 5.43 Å². The Morgan fingerprint density at radius 3 is 2.20 bits per heavy atom. The lowest BCUT2D eigenvalue weighted by Gasteiger charge is -2.32. The number of nitrogens with zero attached hydrogens (tertiary/aromatic N) is 2. The average molecular weight is 454 g/mol. The lowest BCUT2D eigenvalue weighted by Crippen LogP contribution is -2.54. The summed E-state index contributed by atoms with van der Waals surface area (Å²) in [5.41, 5.74) is 2.34. The third-order valence-corrected chi connectivity index (χ3v) is 5.43. The number of hydrogen-bond acceptors (Lipinski definition) is 5. The first-order valence-corrected chi connectivity index (χ1v) is 10.2. The van der Waals surface area contributed by atoms with Gasteiger partial charge in [-0.05, 0) is 50.3 Å². The molecule has 0 bridgehead atoms. The predicted molar refractivity (Wildman–Crippen MR) is 107 cm³/mol. The van der Waals surface area contributed by atoms with Crippen LogP contribution in [0.5, 0.6) is 0 Å². The first-order valence-electron chi connectivity index (χ1n) is 9.18. The molecule has 168 valence electrons. The van der Waals surface area contributed by atoms with Crippen molar-refractivity contribution in [2.45, 2.75) is 57.9 Å². The van der Waals surface area contributed by atoms with Crippen molar-refractivity contribution in [3.8, 4) is 6.07 Å². The van der Waals surface area contributed by atoms with E-state index in [1.54, 1.807) is 13.0 Å². The standard InChI is InChI=1S/C19H24F6N4S/c1-5-13-14(8-7-12(11-26)15(13)19(23,24)25)28-16(30-6-2)17(3,29-27-4)9-10-18(20,21)22/h7-8,27,29H,5-6,9-10H2,1-4H3. The van der Waals surface area contributed by atoms with Crippen molar-refractivity contribution >= 4 is 22.5 Å². The fraction of sp³-hybridized carbons (Fsp3) is 0.579. The van der Waals surface area contributed by atoms with Gasteiger partial charge in [0.15, 0.2) is 0 Å². The van der Waals surface area contributed by atoms with Gasteiger partial charge < -0.3 is 0 Å². The molecule has 0 aromatic heterocycles. The van der Waals surface area contributed by atoms with E-state index in [-0.39, 0.29) is 29.1 Å². The highest BCUT2D eigenvalue weighted by Crippen LogP contribution is 2.40. The molecule has 0 aliphatic carbocycles. The van der Waals surface area contributed by atoms with Crippen molar-refractivity contribution < 1.29 is 26.3 Å². The Bertz CT molecular complexity index is 798. The molecule has 1 unspecified atom stereocenters. The zero-order chi connectivity index (χ0) is 23.2. The summed E-state index contributed by atoms with van der Waals surface area (Å²) in [5, 5.41) is 9.31. The van der Waals surface area contributed by atoms with E-state index in [1.165, 1.54) is 27.0 Å². The van der Waals surface area contributed by atoms with Crippen molar-refractivity contribution in [1.29, 1.82) is 5.26 Å². The lowest BCUT2D eigenvalue weighted by atomic mass is 9.95. The van der Waals surface area contributed by atoms with Gasteiger partial charge in [0.1, 0.15) is 0 Å². The van der Waals surface area contributed by atoms with E-state index >= 15 is 0 Å². The summed E-state index contributed by atoms with van der Waals surface area (Å²) < 4.78 is 79.3. The van der Waals surface area contributed by atoms with Gasteiger partial charge in [-0.1, -0.05) is 13.8 Å². The third kappa shape index (κ3) is 6.89. The van der Waals surface area contributed by atoms with Gasteiger partial charge in [0.25, 0.3) is 0 Å². The summed E-state index contributed by atoms with van der Waals surface area (Å²) in [6.45, 7) is 4.78. The molecular weight excluding hydrogens is 430 g/mol. The summed E-state index contributed by atoms with van der Waals surface area (Å²) in [6, 6.07) is 3.88. The molecular formula is C19H24F6N4S. The van der Waals surface area contributed by atoms with Crippen molar-refractivity contribution in [1.82, 2.24) is 10.9 Å². The van der Waals surface area contributed by atoms with Crippen LogP contribution in [0.3, 0.4) is 0 Å². The Balaban J connectivity index is 3.65. The Hall–Kier alpha value is -1.77. The zero-order valence-corrected chi connectivity index (χ0v) is 17.9. The predicted octanol–water partition coefficient (Wildman–Crippen LogP) is 5.75. The molecule has 4 nitrogen and oxygen atoms in total. The average Bonchev–Trinajstić information content (AvgIpc) is 2.64. The molecule has 1 atom stereocenters. The van der Waals surface area contributed by atoms with Gasteiger partial charge in [0.2, 0.25) is 0 Å². The maximum absolute atomic E-state index is 13.6. The van der Waals surface area contributed by atoms with E-state index in [9.17, 15) is 26.3 Å². The number of nitriles is 1. The van der Waals surface area contributed by atoms with Crippen LogP contribution in [0.15, 0.2) is 17.1 Å².